The third-order valence-electron chi connectivity index (χ3n) is 2.73. The van der Waals surface area contributed by atoms with E-state index in [2.05, 4.69) is 0 Å². The summed E-state index contributed by atoms with van der Waals surface area (Å²) in [6, 6.07) is 11.9. The van der Waals surface area contributed by atoms with E-state index < -0.39 is 5.97 Å². The van der Waals surface area contributed by atoms with Crippen LogP contribution >= 0.6 is 0 Å². The Balaban J connectivity index is 2.42. The van der Waals surface area contributed by atoms with Gasteiger partial charge in [0.25, 0.3) is 5.56 Å². The number of carbonyl (C=O) groups is 1. The number of carboxylic acids is 1. The molecule has 1 aromatic carbocycles. The molecular formula is C14H13NO3. The van der Waals surface area contributed by atoms with Gasteiger partial charge in [-0.15, -0.1) is 0 Å². The summed E-state index contributed by atoms with van der Waals surface area (Å²) in [4.78, 5) is 22.8. The van der Waals surface area contributed by atoms with Gasteiger partial charge in [0.05, 0.1) is 6.54 Å². The highest BCUT2D eigenvalue weighted by molar-refractivity contribution is 5.85. The molecule has 4 heteroatoms. The maximum absolute atomic E-state index is 11.7. The van der Waals surface area contributed by atoms with Crippen LogP contribution in [-0.4, -0.2) is 15.6 Å². The van der Waals surface area contributed by atoms with Crippen molar-refractivity contribution in [3.8, 4) is 0 Å². The maximum atomic E-state index is 11.7. The maximum Gasteiger partial charge on any atom is 0.352 e. The van der Waals surface area contributed by atoms with E-state index in [1.165, 1.54) is 22.8 Å². The molecule has 0 bridgehead atoms. The summed E-state index contributed by atoms with van der Waals surface area (Å²) >= 11 is 0. The molecule has 0 saturated carbocycles. The quantitative estimate of drug-likeness (QED) is 0.895. The van der Waals surface area contributed by atoms with Gasteiger partial charge in [0, 0.05) is 6.07 Å². The first kappa shape index (κ1) is 12.1. The van der Waals surface area contributed by atoms with Crippen LogP contribution in [0.3, 0.4) is 0 Å². The highest BCUT2D eigenvalue weighted by Gasteiger charge is 2.10. The number of hydrogen-bond donors (Lipinski definition) is 1. The third kappa shape index (κ3) is 2.48. The zero-order valence-corrected chi connectivity index (χ0v) is 9.96. The Morgan fingerprint density at radius 1 is 1.17 bits per heavy atom. The molecule has 0 aliphatic heterocycles. The van der Waals surface area contributed by atoms with Crippen LogP contribution in [0.25, 0.3) is 0 Å². The van der Waals surface area contributed by atoms with Crippen molar-refractivity contribution in [3.05, 3.63) is 69.6 Å². The molecule has 0 spiro atoms. The summed E-state index contributed by atoms with van der Waals surface area (Å²) in [5.74, 6) is -1.10. The van der Waals surface area contributed by atoms with E-state index in [0.29, 0.717) is 0 Å². The summed E-state index contributed by atoms with van der Waals surface area (Å²) in [7, 11) is 0. The van der Waals surface area contributed by atoms with Crippen molar-refractivity contribution in [3.63, 3.8) is 0 Å². The lowest BCUT2D eigenvalue weighted by Gasteiger charge is -2.09. The lowest BCUT2D eigenvalue weighted by atomic mass is 10.1. The molecule has 0 fully saturated rings. The second-order valence-electron chi connectivity index (χ2n) is 4.13. The number of hydrogen-bond acceptors (Lipinski definition) is 2. The van der Waals surface area contributed by atoms with E-state index in [4.69, 9.17) is 5.11 Å². The van der Waals surface area contributed by atoms with Crippen LogP contribution in [0.1, 0.15) is 21.6 Å². The van der Waals surface area contributed by atoms with E-state index in [0.717, 1.165) is 11.1 Å². The standard InChI is InChI=1S/C14H13NO3/c1-10-5-7-11(8-6-10)9-15-12(14(17)18)3-2-4-13(15)16/h2-8H,9H2,1H3,(H,17,18). The number of pyridine rings is 1. The van der Waals surface area contributed by atoms with Crippen molar-refractivity contribution in [1.82, 2.24) is 4.57 Å². The minimum absolute atomic E-state index is 0.00285. The van der Waals surface area contributed by atoms with Crippen molar-refractivity contribution in [2.45, 2.75) is 13.5 Å². The van der Waals surface area contributed by atoms with Gasteiger partial charge >= 0.3 is 5.97 Å². The van der Waals surface area contributed by atoms with E-state index in [-0.39, 0.29) is 17.8 Å². The van der Waals surface area contributed by atoms with Crippen LogP contribution in [0.2, 0.25) is 0 Å². The van der Waals surface area contributed by atoms with Gasteiger partial charge in [0.1, 0.15) is 5.69 Å². The molecule has 0 unspecified atom stereocenters. The Morgan fingerprint density at radius 2 is 1.83 bits per heavy atom. The predicted molar refractivity (Wildman–Crippen MR) is 67.9 cm³/mol. The molecule has 0 atom stereocenters. The molecule has 0 aliphatic rings. The molecule has 0 radical (unpaired) electrons. The van der Waals surface area contributed by atoms with Crippen LogP contribution in [0.4, 0.5) is 0 Å². The molecule has 2 rings (SSSR count). The van der Waals surface area contributed by atoms with E-state index >= 15 is 0 Å². The van der Waals surface area contributed by atoms with Gasteiger partial charge in [-0.2, -0.15) is 0 Å². The zero-order valence-electron chi connectivity index (χ0n) is 9.96. The lowest BCUT2D eigenvalue weighted by Crippen LogP contribution is -2.25. The van der Waals surface area contributed by atoms with Gasteiger partial charge < -0.3 is 5.11 Å². The van der Waals surface area contributed by atoms with Crippen molar-refractivity contribution in [1.29, 1.82) is 0 Å². The first-order chi connectivity index (χ1) is 8.58. The fourth-order valence-electron chi connectivity index (χ4n) is 1.75. The number of rotatable bonds is 3. The summed E-state index contributed by atoms with van der Waals surface area (Å²) in [5, 5.41) is 9.05. The van der Waals surface area contributed by atoms with Crippen molar-refractivity contribution < 1.29 is 9.90 Å². The highest BCUT2D eigenvalue weighted by Crippen LogP contribution is 2.06. The number of aryl methyl sites for hydroxylation is 1. The highest BCUT2D eigenvalue weighted by atomic mass is 16.4. The summed E-state index contributed by atoms with van der Waals surface area (Å²) < 4.78 is 1.26. The number of aromatic carboxylic acids is 1. The molecule has 1 heterocycles. The minimum Gasteiger partial charge on any atom is -0.477 e. The Morgan fingerprint density at radius 3 is 2.44 bits per heavy atom. The molecule has 1 aromatic heterocycles. The molecule has 0 amide bonds. The number of carboxylic acid groups (broad SMARTS) is 1. The van der Waals surface area contributed by atoms with Crippen LogP contribution in [0.5, 0.6) is 0 Å². The molecular weight excluding hydrogens is 230 g/mol. The van der Waals surface area contributed by atoms with E-state index in [1.54, 1.807) is 0 Å². The van der Waals surface area contributed by atoms with Crippen molar-refractivity contribution in [2.24, 2.45) is 0 Å². The van der Waals surface area contributed by atoms with Gasteiger partial charge in [0.15, 0.2) is 0 Å². The van der Waals surface area contributed by atoms with Gasteiger partial charge in [0.2, 0.25) is 0 Å². The molecule has 2 aromatic rings. The summed E-state index contributed by atoms with van der Waals surface area (Å²) in [6.45, 7) is 2.24. The number of aromatic nitrogens is 1. The second-order valence-corrected chi connectivity index (χ2v) is 4.13. The van der Waals surface area contributed by atoms with Crippen LogP contribution in [0.15, 0.2) is 47.3 Å². The van der Waals surface area contributed by atoms with E-state index in [9.17, 15) is 9.59 Å². The van der Waals surface area contributed by atoms with Gasteiger partial charge in [-0.3, -0.25) is 9.36 Å². The van der Waals surface area contributed by atoms with E-state index in [1.807, 2.05) is 31.2 Å². The number of benzene rings is 1. The summed E-state index contributed by atoms with van der Waals surface area (Å²) in [6.07, 6.45) is 0. The zero-order chi connectivity index (χ0) is 13.1. The SMILES string of the molecule is Cc1ccc(Cn2c(C(=O)O)cccc2=O)cc1. The van der Waals surface area contributed by atoms with Gasteiger partial charge in [-0.05, 0) is 18.6 Å². The molecule has 18 heavy (non-hydrogen) atoms. The number of nitrogens with zero attached hydrogens (tertiary/aromatic N) is 1. The average Bonchev–Trinajstić information content (AvgIpc) is 2.34. The predicted octanol–water partition coefficient (Wildman–Crippen LogP) is 1.90. The van der Waals surface area contributed by atoms with Crippen LogP contribution in [0, 0.1) is 6.92 Å². The molecule has 1 N–H and O–H groups in total. The molecule has 0 aliphatic carbocycles. The van der Waals surface area contributed by atoms with Gasteiger partial charge in [-0.1, -0.05) is 35.9 Å². The third-order valence-corrected chi connectivity index (χ3v) is 2.73. The first-order valence-corrected chi connectivity index (χ1v) is 5.56. The van der Waals surface area contributed by atoms with Gasteiger partial charge in [-0.25, -0.2) is 4.79 Å². The molecule has 0 saturated heterocycles. The normalized spacial score (nSPS) is 10.3. The first-order valence-electron chi connectivity index (χ1n) is 5.56. The Labute approximate surface area is 104 Å². The minimum atomic E-state index is -1.10. The van der Waals surface area contributed by atoms with Crippen molar-refractivity contribution in [2.75, 3.05) is 0 Å². The Bertz CT molecular complexity index is 626. The summed E-state index contributed by atoms with van der Waals surface area (Å²) in [5.41, 5.74) is 1.72. The fraction of sp³-hybridized carbons (Fsp3) is 0.143. The molecule has 4 nitrogen and oxygen atoms in total. The fourth-order valence-corrected chi connectivity index (χ4v) is 1.75. The van der Waals surface area contributed by atoms with Crippen molar-refractivity contribution >= 4 is 5.97 Å². The van der Waals surface area contributed by atoms with Crippen LogP contribution in [-0.2, 0) is 6.54 Å². The Kier molecular flexibility index (Phi) is 3.28. The largest absolute Gasteiger partial charge is 0.477 e. The average molecular weight is 243 g/mol. The smallest absolute Gasteiger partial charge is 0.352 e. The topological polar surface area (TPSA) is 59.3 Å². The lowest BCUT2D eigenvalue weighted by molar-refractivity contribution is 0.0684. The van der Waals surface area contributed by atoms with Crippen LogP contribution < -0.4 is 5.56 Å². The molecule has 92 valence electrons. The Hall–Kier alpha value is -2.36. The second kappa shape index (κ2) is 4.87. The monoisotopic (exact) mass is 243 g/mol.